The fraction of sp³-hybridized carbons (Fsp3) is 0.333. The zero-order valence-electron chi connectivity index (χ0n) is 25.1. The second-order valence-electron chi connectivity index (χ2n) is 10.4. The highest BCUT2D eigenvalue weighted by molar-refractivity contribution is 7.89. The molecule has 1 unspecified atom stereocenters. The van der Waals surface area contributed by atoms with Crippen LogP contribution in [0.1, 0.15) is 53.4 Å². The molecule has 1 heterocycles. The lowest BCUT2D eigenvalue weighted by atomic mass is 10.0. The number of nitrogens with zero attached hydrogens (tertiary/aromatic N) is 4. The Morgan fingerprint density at radius 2 is 1.87 bits per heavy atom. The average Bonchev–Trinajstić information content (AvgIpc) is 3.32. The molecular weight excluding hydrogens is 624 g/mol. The Morgan fingerprint density at radius 3 is 2.58 bits per heavy atom. The fourth-order valence-corrected chi connectivity index (χ4v) is 6.48. The van der Waals surface area contributed by atoms with Gasteiger partial charge in [-0.1, -0.05) is 48.0 Å². The van der Waals surface area contributed by atoms with Crippen molar-refractivity contribution in [2.75, 3.05) is 18.1 Å². The van der Waals surface area contributed by atoms with Crippen LogP contribution in [0.3, 0.4) is 0 Å². The van der Waals surface area contributed by atoms with Crippen molar-refractivity contribution in [2.45, 2.75) is 57.7 Å². The number of carbonyl (C=O) groups excluding carboxylic acids is 1. The van der Waals surface area contributed by atoms with Crippen LogP contribution >= 0.6 is 11.6 Å². The Morgan fingerprint density at radius 1 is 1.13 bits per heavy atom. The standard InChI is InChI=1S/C30H35ClN6O7S/c1-4-35(5-2)37(41)34-44-19-25-15-21(10-11-22(25)17-29(38)39)18-32-45(42,43)28-16-24(12-13-26(28)31)30(40)33-36-20(3)14-23-8-6-7-9-27(23)36/h6-13,15-16,20,32H,4-5,14,17-19H2,1-3H3,(H,33,40)(H,38,39). The van der Waals surface area contributed by atoms with Crippen LogP contribution in [0.5, 0.6) is 0 Å². The highest BCUT2D eigenvalue weighted by Crippen LogP contribution is 2.30. The van der Waals surface area contributed by atoms with E-state index in [0.717, 1.165) is 17.7 Å². The number of fused-ring (bicyclic) bond motifs is 1. The number of amides is 1. The van der Waals surface area contributed by atoms with Gasteiger partial charge >= 0.3 is 5.97 Å². The van der Waals surface area contributed by atoms with Crippen LogP contribution in [0.2, 0.25) is 5.02 Å². The molecule has 0 aromatic heterocycles. The number of hydrogen-bond acceptors (Lipinski definition) is 8. The molecule has 0 radical (unpaired) electrons. The summed E-state index contributed by atoms with van der Waals surface area (Å²) < 4.78 is 29.1. The molecule has 3 N–H and O–H groups in total. The van der Waals surface area contributed by atoms with Crippen molar-refractivity contribution >= 4 is 39.2 Å². The predicted octanol–water partition coefficient (Wildman–Crippen LogP) is 4.19. The van der Waals surface area contributed by atoms with Gasteiger partial charge in [0.2, 0.25) is 15.3 Å². The van der Waals surface area contributed by atoms with Gasteiger partial charge in [-0.05, 0) is 73.7 Å². The first kappa shape index (κ1) is 33.5. The molecule has 1 atom stereocenters. The van der Waals surface area contributed by atoms with Gasteiger partial charge in [0.1, 0.15) is 11.5 Å². The molecule has 1 amide bonds. The van der Waals surface area contributed by atoms with Gasteiger partial charge in [0.15, 0.2) is 0 Å². The lowest BCUT2D eigenvalue weighted by molar-refractivity contribution is -0.710. The van der Waals surface area contributed by atoms with Crippen molar-refractivity contribution in [1.82, 2.24) is 15.2 Å². The second-order valence-corrected chi connectivity index (χ2v) is 12.5. The monoisotopic (exact) mass is 658 g/mol. The molecule has 0 fully saturated rings. The van der Waals surface area contributed by atoms with Gasteiger partial charge in [0.05, 0.1) is 41.2 Å². The summed E-state index contributed by atoms with van der Waals surface area (Å²) in [6.07, 6.45) is 0.446. The molecule has 0 aliphatic carbocycles. The summed E-state index contributed by atoms with van der Waals surface area (Å²) in [7, 11) is -4.19. The second kappa shape index (κ2) is 14.6. The van der Waals surface area contributed by atoms with E-state index < -0.39 is 21.9 Å². The van der Waals surface area contributed by atoms with E-state index >= 15 is 0 Å². The number of carbonyl (C=O) groups is 2. The van der Waals surface area contributed by atoms with E-state index in [0.29, 0.717) is 34.7 Å². The Hall–Kier alpha value is -4.40. The average molecular weight is 659 g/mol. The zero-order valence-corrected chi connectivity index (χ0v) is 26.6. The molecule has 0 bridgehead atoms. The minimum Gasteiger partial charge on any atom is -0.569 e. The topological polar surface area (TPSA) is 167 Å². The maximum Gasteiger partial charge on any atom is 0.307 e. The highest BCUT2D eigenvalue weighted by Gasteiger charge is 2.28. The van der Waals surface area contributed by atoms with Gasteiger partial charge in [0.25, 0.3) is 5.91 Å². The van der Waals surface area contributed by atoms with Gasteiger partial charge in [-0.3, -0.25) is 20.0 Å². The van der Waals surface area contributed by atoms with Crippen molar-refractivity contribution in [1.29, 1.82) is 0 Å². The number of carboxylic acid groups (broad SMARTS) is 1. The molecular formula is C30H35ClN6O7S. The molecule has 3 aromatic carbocycles. The molecule has 4 rings (SSSR count). The van der Waals surface area contributed by atoms with Crippen molar-refractivity contribution in [3.8, 4) is 0 Å². The summed E-state index contributed by atoms with van der Waals surface area (Å²) in [6.45, 7) is 5.98. The molecule has 0 saturated carbocycles. The molecule has 1 aliphatic heterocycles. The molecule has 45 heavy (non-hydrogen) atoms. The van der Waals surface area contributed by atoms with Crippen LogP contribution in [-0.4, -0.2) is 54.5 Å². The van der Waals surface area contributed by atoms with Crippen LogP contribution < -0.4 is 15.2 Å². The number of hydrazine groups is 2. The van der Waals surface area contributed by atoms with Crippen molar-refractivity contribution < 1.29 is 32.9 Å². The van der Waals surface area contributed by atoms with E-state index in [2.05, 4.69) is 15.4 Å². The minimum atomic E-state index is -4.19. The van der Waals surface area contributed by atoms with Crippen LogP contribution in [-0.2, 0) is 45.6 Å². The summed E-state index contributed by atoms with van der Waals surface area (Å²) in [5.41, 5.74) is 6.27. The molecule has 240 valence electrons. The number of hydrogen-bond donors (Lipinski definition) is 3. The number of aliphatic carboxylic acids is 1. The zero-order chi connectivity index (χ0) is 32.7. The SMILES string of the molecule is CCN(CC)[N+]([O-])=NOCc1cc(CNS(=O)(=O)c2cc(C(=O)NN3c4ccccc4CC3C)ccc2Cl)ccc1CC(=O)O. The number of halogens is 1. The Balaban J connectivity index is 1.49. The number of para-hydroxylation sites is 1. The third-order valence-corrected chi connectivity index (χ3v) is 9.19. The first-order chi connectivity index (χ1) is 21.4. The minimum absolute atomic E-state index is 0.0102. The smallest absolute Gasteiger partial charge is 0.307 e. The number of benzene rings is 3. The lowest BCUT2D eigenvalue weighted by Gasteiger charge is -2.25. The van der Waals surface area contributed by atoms with Gasteiger partial charge in [-0.25, -0.2) is 13.1 Å². The number of nitrogens with one attached hydrogen (secondary N) is 2. The van der Waals surface area contributed by atoms with Crippen molar-refractivity contribution in [3.05, 3.63) is 98.7 Å². The van der Waals surface area contributed by atoms with Crippen LogP contribution in [0, 0.1) is 5.21 Å². The summed E-state index contributed by atoms with van der Waals surface area (Å²) in [5, 5.41) is 27.9. The Labute approximate surface area is 266 Å². The summed E-state index contributed by atoms with van der Waals surface area (Å²) >= 11 is 6.27. The van der Waals surface area contributed by atoms with E-state index in [9.17, 15) is 28.3 Å². The Kier molecular flexibility index (Phi) is 10.9. The van der Waals surface area contributed by atoms with Gasteiger partial charge in [0, 0.05) is 12.1 Å². The van der Waals surface area contributed by atoms with E-state index in [-0.39, 0.29) is 41.1 Å². The quantitative estimate of drug-likeness (QED) is 0.131. The molecule has 0 saturated heterocycles. The molecule has 3 aromatic rings. The third kappa shape index (κ3) is 8.21. The number of rotatable bonds is 14. The summed E-state index contributed by atoms with van der Waals surface area (Å²) in [4.78, 5) is 29.8. The fourth-order valence-electron chi connectivity index (χ4n) is 4.94. The molecule has 1 aliphatic rings. The van der Waals surface area contributed by atoms with E-state index in [1.54, 1.807) is 37.1 Å². The largest absolute Gasteiger partial charge is 0.569 e. The van der Waals surface area contributed by atoms with Crippen molar-refractivity contribution in [2.24, 2.45) is 5.28 Å². The normalized spacial score (nSPS) is 14.6. The third-order valence-electron chi connectivity index (χ3n) is 7.31. The first-order valence-corrected chi connectivity index (χ1v) is 16.1. The summed E-state index contributed by atoms with van der Waals surface area (Å²) in [6, 6.07) is 16.4. The van der Waals surface area contributed by atoms with E-state index in [4.69, 9.17) is 16.4 Å². The first-order valence-electron chi connectivity index (χ1n) is 14.3. The van der Waals surface area contributed by atoms with E-state index in [1.165, 1.54) is 23.2 Å². The van der Waals surface area contributed by atoms with Crippen LogP contribution in [0.25, 0.3) is 0 Å². The van der Waals surface area contributed by atoms with Crippen LogP contribution in [0.15, 0.2) is 70.8 Å². The number of sulfonamides is 1. The summed E-state index contributed by atoms with van der Waals surface area (Å²) in [5.74, 6) is -1.56. The molecule has 13 nitrogen and oxygen atoms in total. The maximum absolute atomic E-state index is 13.3. The highest BCUT2D eigenvalue weighted by atomic mass is 35.5. The van der Waals surface area contributed by atoms with Gasteiger partial charge < -0.3 is 15.2 Å². The predicted molar refractivity (Wildman–Crippen MR) is 167 cm³/mol. The number of carboxylic acids is 1. The molecule has 15 heteroatoms. The van der Waals surface area contributed by atoms with Crippen molar-refractivity contribution in [3.63, 3.8) is 0 Å². The molecule has 0 spiro atoms. The lowest BCUT2D eigenvalue weighted by Crippen LogP contribution is -2.45. The number of anilines is 1. The maximum atomic E-state index is 13.3. The van der Waals surface area contributed by atoms with Gasteiger partial charge in [-0.15, -0.1) is 5.01 Å². The van der Waals surface area contributed by atoms with Gasteiger partial charge in [-0.2, -0.15) is 0 Å². The van der Waals surface area contributed by atoms with E-state index in [1.807, 2.05) is 31.2 Å². The van der Waals surface area contributed by atoms with Crippen LogP contribution in [0.4, 0.5) is 5.69 Å². The Bertz CT molecular complexity index is 1700.